The van der Waals surface area contributed by atoms with Crippen molar-refractivity contribution in [2.45, 2.75) is 12.6 Å². The number of rotatable bonds is 3. The van der Waals surface area contributed by atoms with Gasteiger partial charge in [0.15, 0.2) is 0 Å². The summed E-state index contributed by atoms with van der Waals surface area (Å²) < 4.78 is 3.19. The van der Waals surface area contributed by atoms with E-state index in [4.69, 9.17) is 0 Å². The van der Waals surface area contributed by atoms with E-state index in [-0.39, 0.29) is 0 Å². The van der Waals surface area contributed by atoms with E-state index in [0.29, 0.717) is 6.04 Å². The SMILES string of the molecule is Cn1ccnc1C1CNCCN1Cc1ncc(Br)s1. The molecule has 7 heteroatoms. The van der Waals surface area contributed by atoms with Crippen molar-refractivity contribution in [1.29, 1.82) is 0 Å². The van der Waals surface area contributed by atoms with Gasteiger partial charge >= 0.3 is 0 Å². The van der Waals surface area contributed by atoms with Crippen LogP contribution in [-0.2, 0) is 13.6 Å². The Morgan fingerprint density at radius 2 is 2.42 bits per heavy atom. The quantitative estimate of drug-likeness (QED) is 0.924. The normalized spacial score (nSPS) is 20.8. The average molecular weight is 342 g/mol. The average Bonchev–Trinajstić information content (AvgIpc) is 2.99. The highest BCUT2D eigenvalue weighted by Gasteiger charge is 2.27. The lowest BCUT2D eigenvalue weighted by molar-refractivity contribution is 0.144. The van der Waals surface area contributed by atoms with Crippen molar-refractivity contribution in [2.75, 3.05) is 19.6 Å². The zero-order chi connectivity index (χ0) is 13.2. The highest BCUT2D eigenvalue weighted by atomic mass is 79.9. The van der Waals surface area contributed by atoms with Crippen LogP contribution in [0.25, 0.3) is 0 Å². The molecule has 0 radical (unpaired) electrons. The second-order valence-corrected chi connectivity index (χ2v) is 7.14. The number of hydrogen-bond donors (Lipinski definition) is 1. The Hall–Kier alpha value is -0.760. The molecule has 0 aliphatic carbocycles. The van der Waals surface area contributed by atoms with Gasteiger partial charge in [-0.1, -0.05) is 0 Å². The maximum absolute atomic E-state index is 4.49. The maximum atomic E-state index is 4.49. The fourth-order valence-corrected chi connectivity index (χ4v) is 3.75. The Bertz CT molecular complexity index is 552. The van der Waals surface area contributed by atoms with Gasteiger partial charge in [0.1, 0.15) is 10.8 Å². The van der Waals surface area contributed by atoms with Gasteiger partial charge in [-0.05, 0) is 15.9 Å². The Balaban J connectivity index is 1.79. The third-order valence-corrected chi connectivity index (χ3v) is 4.84. The number of nitrogens with one attached hydrogen (secondary N) is 1. The van der Waals surface area contributed by atoms with Crippen molar-refractivity contribution in [1.82, 2.24) is 24.8 Å². The van der Waals surface area contributed by atoms with E-state index >= 15 is 0 Å². The highest BCUT2D eigenvalue weighted by molar-refractivity contribution is 9.11. The molecule has 0 bridgehead atoms. The second kappa shape index (κ2) is 5.70. The molecule has 0 spiro atoms. The molecule has 1 saturated heterocycles. The molecular weight excluding hydrogens is 326 g/mol. The first-order valence-corrected chi connectivity index (χ1v) is 7.87. The number of imidazole rings is 1. The standard InChI is InChI=1S/C12H16BrN5S/c1-17-4-3-15-12(17)9-6-14-2-5-18(9)8-11-16-7-10(13)19-11/h3-4,7,9,14H,2,5-6,8H2,1H3. The number of piperazine rings is 1. The van der Waals surface area contributed by atoms with Crippen molar-refractivity contribution in [3.05, 3.63) is 33.2 Å². The van der Waals surface area contributed by atoms with Gasteiger partial charge in [-0.2, -0.15) is 0 Å². The van der Waals surface area contributed by atoms with Crippen LogP contribution in [0.2, 0.25) is 0 Å². The van der Waals surface area contributed by atoms with Crippen LogP contribution in [0, 0.1) is 0 Å². The third-order valence-electron chi connectivity index (χ3n) is 3.37. The highest BCUT2D eigenvalue weighted by Crippen LogP contribution is 2.25. The molecular formula is C12H16BrN5S. The molecule has 1 fully saturated rings. The second-order valence-electron chi connectivity index (χ2n) is 4.64. The van der Waals surface area contributed by atoms with Crippen LogP contribution in [0.15, 0.2) is 22.4 Å². The summed E-state index contributed by atoms with van der Waals surface area (Å²) in [5.74, 6) is 1.11. The van der Waals surface area contributed by atoms with E-state index in [1.807, 2.05) is 18.6 Å². The zero-order valence-electron chi connectivity index (χ0n) is 10.7. The van der Waals surface area contributed by atoms with Crippen molar-refractivity contribution >= 4 is 27.3 Å². The summed E-state index contributed by atoms with van der Waals surface area (Å²) in [6.07, 6.45) is 5.74. The van der Waals surface area contributed by atoms with Crippen molar-refractivity contribution in [3.8, 4) is 0 Å². The smallest absolute Gasteiger partial charge is 0.127 e. The molecule has 3 heterocycles. The predicted molar refractivity (Wildman–Crippen MR) is 79.0 cm³/mol. The summed E-state index contributed by atoms with van der Waals surface area (Å²) in [5.41, 5.74) is 0. The number of aryl methyl sites for hydroxylation is 1. The lowest BCUT2D eigenvalue weighted by Gasteiger charge is -2.35. The van der Waals surface area contributed by atoms with E-state index in [9.17, 15) is 0 Å². The van der Waals surface area contributed by atoms with Crippen molar-refractivity contribution in [3.63, 3.8) is 0 Å². The molecule has 2 aromatic rings. The number of hydrogen-bond acceptors (Lipinski definition) is 5. The first-order chi connectivity index (χ1) is 9.24. The van der Waals surface area contributed by atoms with E-state index in [0.717, 1.165) is 40.8 Å². The summed E-state index contributed by atoms with van der Waals surface area (Å²) in [4.78, 5) is 11.4. The molecule has 0 aromatic carbocycles. The van der Waals surface area contributed by atoms with Crippen LogP contribution >= 0.6 is 27.3 Å². The molecule has 1 unspecified atom stereocenters. The molecule has 1 N–H and O–H groups in total. The molecule has 19 heavy (non-hydrogen) atoms. The summed E-state index contributed by atoms with van der Waals surface area (Å²) in [6, 6.07) is 0.316. The topological polar surface area (TPSA) is 46.0 Å². The minimum absolute atomic E-state index is 0.316. The fourth-order valence-electron chi connectivity index (χ4n) is 2.42. The van der Waals surface area contributed by atoms with Gasteiger partial charge < -0.3 is 9.88 Å². The largest absolute Gasteiger partial charge is 0.337 e. The van der Waals surface area contributed by atoms with Crippen LogP contribution in [0.4, 0.5) is 0 Å². The number of aromatic nitrogens is 3. The Kier molecular flexibility index (Phi) is 3.97. The van der Waals surface area contributed by atoms with E-state index < -0.39 is 0 Å². The van der Waals surface area contributed by atoms with Gasteiger partial charge in [0.05, 0.1) is 22.6 Å². The molecule has 0 amide bonds. The summed E-state index contributed by atoms with van der Waals surface area (Å²) in [5, 5.41) is 4.60. The Morgan fingerprint density at radius 3 is 3.11 bits per heavy atom. The van der Waals surface area contributed by atoms with Crippen LogP contribution in [0.5, 0.6) is 0 Å². The maximum Gasteiger partial charge on any atom is 0.127 e. The molecule has 102 valence electrons. The summed E-state index contributed by atoms with van der Waals surface area (Å²) in [7, 11) is 2.05. The molecule has 2 aromatic heterocycles. The van der Waals surface area contributed by atoms with Gasteiger partial charge in [-0.15, -0.1) is 11.3 Å². The molecule has 1 aliphatic rings. The predicted octanol–water partition coefficient (Wildman–Crippen LogP) is 1.79. The van der Waals surface area contributed by atoms with Gasteiger partial charge in [0, 0.05) is 39.1 Å². The Morgan fingerprint density at radius 1 is 1.53 bits per heavy atom. The van der Waals surface area contributed by atoms with E-state index in [2.05, 4.69) is 47.7 Å². The van der Waals surface area contributed by atoms with Crippen LogP contribution < -0.4 is 5.32 Å². The zero-order valence-corrected chi connectivity index (χ0v) is 13.1. The van der Waals surface area contributed by atoms with Crippen molar-refractivity contribution in [2.24, 2.45) is 7.05 Å². The Labute approximate surface area is 124 Å². The number of thiazole rings is 1. The third kappa shape index (κ3) is 2.89. The van der Waals surface area contributed by atoms with E-state index in [1.165, 1.54) is 0 Å². The van der Waals surface area contributed by atoms with Gasteiger partial charge in [0.2, 0.25) is 0 Å². The van der Waals surface area contributed by atoms with Gasteiger partial charge in [0.25, 0.3) is 0 Å². The molecule has 3 rings (SSSR count). The lowest BCUT2D eigenvalue weighted by atomic mass is 10.2. The fraction of sp³-hybridized carbons (Fsp3) is 0.500. The van der Waals surface area contributed by atoms with Gasteiger partial charge in [-0.3, -0.25) is 4.90 Å². The molecule has 5 nitrogen and oxygen atoms in total. The van der Waals surface area contributed by atoms with Crippen molar-refractivity contribution < 1.29 is 0 Å². The minimum atomic E-state index is 0.316. The number of nitrogens with zero attached hydrogens (tertiary/aromatic N) is 4. The molecule has 1 aliphatic heterocycles. The van der Waals surface area contributed by atoms with Crippen LogP contribution in [-0.4, -0.2) is 39.1 Å². The number of halogens is 1. The summed E-state index contributed by atoms with van der Waals surface area (Å²) >= 11 is 5.17. The monoisotopic (exact) mass is 341 g/mol. The van der Waals surface area contributed by atoms with E-state index in [1.54, 1.807) is 11.3 Å². The first kappa shape index (κ1) is 13.2. The molecule has 0 saturated carbocycles. The minimum Gasteiger partial charge on any atom is -0.337 e. The van der Waals surface area contributed by atoms with Crippen LogP contribution in [0.3, 0.4) is 0 Å². The lowest BCUT2D eigenvalue weighted by Crippen LogP contribution is -2.46. The van der Waals surface area contributed by atoms with Gasteiger partial charge in [-0.25, -0.2) is 9.97 Å². The summed E-state index contributed by atoms with van der Waals surface area (Å²) in [6.45, 7) is 3.87. The molecule has 1 atom stereocenters. The first-order valence-electron chi connectivity index (χ1n) is 6.26. The van der Waals surface area contributed by atoms with Crippen LogP contribution in [0.1, 0.15) is 16.9 Å².